The van der Waals surface area contributed by atoms with Crippen molar-refractivity contribution in [2.75, 3.05) is 26.1 Å². The Morgan fingerprint density at radius 2 is 2.14 bits per heavy atom. The molecule has 0 amide bonds. The molecule has 10 heteroatoms. The number of hydrogen-bond acceptors (Lipinski definition) is 9. The molecule has 0 radical (unpaired) electrons. The molecule has 2 heterocycles. The van der Waals surface area contributed by atoms with E-state index in [1.54, 1.807) is 20.4 Å². The van der Waals surface area contributed by atoms with Crippen LogP contribution in [0, 0.1) is 5.92 Å². The van der Waals surface area contributed by atoms with Crippen LogP contribution in [0.25, 0.3) is 11.2 Å². The summed E-state index contributed by atoms with van der Waals surface area (Å²) < 4.78 is 18.5. The van der Waals surface area contributed by atoms with Gasteiger partial charge in [0.05, 0.1) is 31.7 Å². The van der Waals surface area contributed by atoms with Gasteiger partial charge in [0.15, 0.2) is 11.5 Å². The highest BCUT2D eigenvalue weighted by Crippen LogP contribution is 2.37. The number of nitrogens with one attached hydrogen (secondary N) is 1. The highest BCUT2D eigenvalue weighted by molar-refractivity contribution is 5.81. The Labute approximate surface area is 170 Å². The number of ether oxygens (including phenoxy) is 3. The van der Waals surface area contributed by atoms with Crippen LogP contribution in [-0.2, 0) is 25.5 Å². The van der Waals surface area contributed by atoms with Crippen molar-refractivity contribution in [1.29, 1.82) is 0 Å². The molecule has 5 unspecified atom stereocenters. The van der Waals surface area contributed by atoms with Gasteiger partial charge in [0.2, 0.25) is 0 Å². The smallest absolute Gasteiger partial charge is 0.322 e. The molecule has 1 aliphatic rings. The van der Waals surface area contributed by atoms with E-state index in [-0.39, 0.29) is 30.3 Å². The number of methoxy groups -OCH3 is 1. The normalized spacial score (nSPS) is 23.1. The largest absolute Gasteiger partial charge is 0.465 e. The summed E-state index contributed by atoms with van der Waals surface area (Å²) in [4.78, 5) is 24.3. The zero-order chi connectivity index (χ0) is 21.0. The molecule has 1 aliphatic carbocycles. The minimum absolute atomic E-state index is 0.0202. The van der Waals surface area contributed by atoms with Gasteiger partial charge in [0, 0.05) is 25.7 Å². The van der Waals surface area contributed by atoms with E-state index in [4.69, 9.17) is 19.9 Å². The molecule has 0 aliphatic heterocycles. The van der Waals surface area contributed by atoms with Crippen LogP contribution in [0.15, 0.2) is 12.7 Å². The fraction of sp³-hybridized carbons (Fsp3) is 0.684. The molecule has 1 saturated carbocycles. The predicted octanol–water partition coefficient (Wildman–Crippen LogP) is 0.758. The lowest BCUT2D eigenvalue weighted by Gasteiger charge is -2.14. The van der Waals surface area contributed by atoms with Gasteiger partial charge in [-0.15, -0.1) is 0 Å². The van der Waals surface area contributed by atoms with E-state index in [9.17, 15) is 4.79 Å². The molecule has 29 heavy (non-hydrogen) atoms. The highest BCUT2D eigenvalue weighted by atomic mass is 16.5. The summed E-state index contributed by atoms with van der Waals surface area (Å²) in [6, 6.07) is -0.220. The average Bonchev–Trinajstić information content (AvgIpc) is 3.18. The van der Waals surface area contributed by atoms with Crippen molar-refractivity contribution in [3.05, 3.63) is 12.7 Å². The molecule has 0 spiro atoms. The number of fused-ring (bicyclic) bond motifs is 1. The van der Waals surface area contributed by atoms with E-state index < -0.39 is 0 Å². The fourth-order valence-corrected chi connectivity index (χ4v) is 3.62. The van der Waals surface area contributed by atoms with Crippen molar-refractivity contribution in [2.24, 2.45) is 5.92 Å². The minimum Gasteiger partial charge on any atom is -0.465 e. The van der Waals surface area contributed by atoms with E-state index in [1.807, 2.05) is 18.4 Å². The Morgan fingerprint density at radius 1 is 1.34 bits per heavy atom. The Morgan fingerprint density at radius 3 is 2.86 bits per heavy atom. The van der Waals surface area contributed by atoms with Gasteiger partial charge in [-0.05, 0) is 27.2 Å². The van der Waals surface area contributed by atoms with Crippen molar-refractivity contribution in [1.82, 2.24) is 24.8 Å². The zero-order valence-electron chi connectivity index (χ0n) is 17.4. The second-order valence-electron chi connectivity index (χ2n) is 7.33. The Bertz CT molecular complexity index is 828. The number of nitrogen functional groups attached to an aromatic ring is 1. The monoisotopic (exact) mass is 406 g/mol. The number of hydrogen-bond donors (Lipinski definition) is 2. The first-order valence-corrected chi connectivity index (χ1v) is 9.94. The summed E-state index contributed by atoms with van der Waals surface area (Å²) in [5, 5.41) is 3.30. The number of esters is 1. The third-order valence-corrected chi connectivity index (χ3v) is 5.19. The van der Waals surface area contributed by atoms with E-state index in [0.717, 1.165) is 6.42 Å². The van der Waals surface area contributed by atoms with Gasteiger partial charge in [-0.3, -0.25) is 10.1 Å². The molecule has 0 bridgehead atoms. The number of aromatic nitrogens is 4. The lowest BCUT2D eigenvalue weighted by molar-refractivity contribution is -0.145. The van der Waals surface area contributed by atoms with Gasteiger partial charge in [-0.2, -0.15) is 0 Å². The maximum atomic E-state index is 11.8. The highest BCUT2D eigenvalue weighted by Gasteiger charge is 2.51. The van der Waals surface area contributed by atoms with Crippen molar-refractivity contribution in [3.63, 3.8) is 0 Å². The average molecular weight is 406 g/mol. The van der Waals surface area contributed by atoms with Crippen LogP contribution in [0.1, 0.15) is 27.2 Å². The lowest BCUT2D eigenvalue weighted by atomic mass is 10.2. The number of imidazole rings is 1. The van der Waals surface area contributed by atoms with Crippen LogP contribution in [0.3, 0.4) is 0 Å². The van der Waals surface area contributed by atoms with Gasteiger partial charge < -0.3 is 24.5 Å². The predicted molar refractivity (Wildman–Crippen MR) is 107 cm³/mol. The van der Waals surface area contributed by atoms with Crippen LogP contribution in [0.5, 0.6) is 0 Å². The number of carbonyl (C=O) groups is 1. The molecule has 10 nitrogen and oxygen atoms in total. The Kier molecular flexibility index (Phi) is 6.99. The van der Waals surface area contributed by atoms with Crippen molar-refractivity contribution in [2.45, 2.75) is 58.0 Å². The molecule has 0 saturated heterocycles. The molecular formula is C19H30N6O4. The van der Waals surface area contributed by atoms with Crippen LogP contribution >= 0.6 is 0 Å². The lowest BCUT2D eigenvalue weighted by Crippen LogP contribution is -2.38. The first-order valence-electron chi connectivity index (χ1n) is 9.94. The van der Waals surface area contributed by atoms with E-state index in [0.29, 0.717) is 42.7 Å². The van der Waals surface area contributed by atoms with E-state index in [1.165, 1.54) is 6.33 Å². The zero-order valence-corrected chi connectivity index (χ0v) is 17.4. The van der Waals surface area contributed by atoms with Crippen LogP contribution < -0.4 is 11.1 Å². The van der Waals surface area contributed by atoms with Gasteiger partial charge in [0.1, 0.15) is 17.9 Å². The third-order valence-electron chi connectivity index (χ3n) is 5.19. The summed E-state index contributed by atoms with van der Waals surface area (Å²) in [5.41, 5.74) is 7.13. The molecule has 5 atom stereocenters. The van der Waals surface area contributed by atoms with Gasteiger partial charge >= 0.3 is 5.97 Å². The van der Waals surface area contributed by atoms with Crippen LogP contribution in [0.4, 0.5) is 5.82 Å². The third kappa shape index (κ3) is 5.01. The topological polar surface area (TPSA) is 126 Å². The second kappa shape index (κ2) is 9.47. The molecule has 2 aromatic rings. The number of rotatable bonds is 11. The molecule has 3 N–H and O–H groups in total. The number of nitrogens with zero attached hydrogens (tertiary/aromatic N) is 4. The number of anilines is 1. The summed E-state index contributed by atoms with van der Waals surface area (Å²) in [5.74, 6) is 0.442. The fourth-order valence-electron chi connectivity index (χ4n) is 3.62. The van der Waals surface area contributed by atoms with E-state index >= 15 is 0 Å². The molecule has 2 aromatic heterocycles. The molecular weight excluding hydrogens is 376 g/mol. The minimum atomic E-state index is -0.355. The molecule has 160 valence electrons. The SMILES string of the molecule is CCOC(=O)C(C)NC1C(CCOC(C)Cn2cnc3c(N)ncnc32)C1OC. The van der Waals surface area contributed by atoms with E-state index in [2.05, 4.69) is 20.3 Å². The molecule has 1 fully saturated rings. The summed E-state index contributed by atoms with van der Waals surface area (Å²) in [6.45, 7) is 7.22. The maximum absolute atomic E-state index is 11.8. The van der Waals surface area contributed by atoms with Gasteiger partial charge in [-0.1, -0.05) is 0 Å². The molecule has 3 rings (SSSR count). The van der Waals surface area contributed by atoms with Crippen molar-refractivity contribution < 1.29 is 19.0 Å². The quantitative estimate of drug-likeness (QED) is 0.520. The van der Waals surface area contributed by atoms with Crippen LogP contribution in [-0.4, -0.2) is 70.1 Å². The summed E-state index contributed by atoms with van der Waals surface area (Å²) in [6.07, 6.45) is 4.05. The van der Waals surface area contributed by atoms with Gasteiger partial charge in [-0.25, -0.2) is 15.0 Å². The first-order chi connectivity index (χ1) is 14.0. The second-order valence-corrected chi connectivity index (χ2v) is 7.33. The van der Waals surface area contributed by atoms with Crippen molar-refractivity contribution in [3.8, 4) is 0 Å². The van der Waals surface area contributed by atoms with Crippen molar-refractivity contribution >= 4 is 23.0 Å². The Hall–Kier alpha value is -2.30. The first kappa shape index (κ1) is 21.4. The number of carbonyl (C=O) groups excluding carboxylic acids is 1. The number of nitrogens with two attached hydrogens (primary N) is 1. The summed E-state index contributed by atoms with van der Waals surface area (Å²) in [7, 11) is 1.69. The van der Waals surface area contributed by atoms with Crippen LogP contribution in [0.2, 0.25) is 0 Å². The molecule has 0 aromatic carbocycles. The Balaban J connectivity index is 1.44. The standard InChI is InChI=1S/C19H30N6O4/c1-5-28-19(26)12(3)24-14-13(16(14)27-4)6-7-29-11(2)8-25-10-23-15-17(20)21-9-22-18(15)25/h9-14,16,24H,5-8H2,1-4H3,(H2,20,21,22). The van der Waals surface area contributed by atoms with Gasteiger partial charge in [0.25, 0.3) is 0 Å². The maximum Gasteiger partial charge on any atom is 0.322 e. The summed E-state index contributed by atoms with van der Waals surface area (Å²) >= 11 is 0.